The first-order valence-corrected chi connectivity index (χ1v) is 7.92. The highest BCUT2D eigenvalue weighted by atomic mass is 35.5. The zero-order valence-corrected chi connectivity index (χ0v) is 12.4. The number of thioether (sulfide) groups is 1. The topological polar surface area (TPSA) is 53.8 Å². The Morgan fingerprint density at radius 2 is 2.37 bits per heavy atom. The van der Waals surface area contributed by atoms with Gasteiger partial charge in [0.1, 0.15) is 11.2 Å². The number of rotatable bonds is 6. The van der Waals surface area contributed by atoms with Gasteiger partial charge in [0.15, 0.2) is 0 Å². The molecule has 0 saturated heterocycles. The van der Waals surface area contributed by atoms with Crippen molar-refractivity contribution in [1.29, 1.82) is 5.26 Å². The molecule has 0 aliphatic heterocycles. The smallest absolute Gasteiger partial charge is 0.147 e. The van der Waals surface area contributed by atoms with Gasteiger partial charge < -0.3 is 0 Å². The van der Waals surface area contributed by atoms with Crippen LogP contribution in [-0.4, -0.2) is 16.6 Å². The maximum atomic E-state index is 11.1. The van der Waals surface area contributed by atoms with E-state index >= 15 is 0 Å². The Balaban J connectivity index is 2.05. The lowest BCUT2D eigenvalue weighted by Gasteiger charge is -1.94. The molecule has 0 amide bonds. The molecule has 19 heavy (non-hydrogen) atoms. The van der Waals surface area contributed by atoms with E-state index in [0.717, 1.165) is 44.7 Å². The molecule has 98 valence electrons. The van der Waals surface area contributed by atoms with E-state index in [0.29, 0.717) is 6.42 Å². The summed E-state index contributed by atoms with van der Waals surface area (Å²) >= 11 is 8.22. The number of thiazole rings is 1. The zero-order chi connectivity index (χ0) is 13.7. The number of nitriles is 1. The number of halogens is 1. The molecule has 0 radical (unpaired) electrons. The summed E-state index contributed by atoms with van der Waals surface area (Å²) in [6.45, 7) is 0. The quantitative estimate of drug-likeness (QED) is 0.460. The first-order chi connectivity index (χ1) is 9.22. The molecule has 0 bridgehead atoms. The Morgan fingerprint density at radius 3 is 3.11 bits per heavy atom. The monoisotopic (exact) mass is 310 g/mol. The van der Waals surface area contributed by atoms with Gasteiger partial charge in [-0.15, -0.1) is 22.9 Å². The van der Waals surface area contributed by atoms with Crippen LogP contribution in [0.25, 0.3) is 10.2 Å². The largest absolute Gasteiger partial charge is 0.298 e. The number of ketones is 1. The van der Waals surface area contributed by atoms with Crippen LogP contribution in [0, 0.1) is 10.7 Å². The van der Waals surface area contributed by atoms with E-state index in [-0.39, 0.29) is 11.7 Å². The van der Waals surface area contributed by atoms with Crippen LogP contribution in [0.15, 0.2) is 23.1 Å². The van der Waals surface area contributed by atoms with Crippen molar-refractivity contribution in [2.24, 2.45) is 0 Å². The number of alkyl halides is 1. The van der Waals surface area contributed by atoms with Crippen molar-refractivity contribution in [1.82, 2.24) is 4.98 Å². The second-order valence-corrected chi connectivity index (χ2v) is 6.20. The maximum Gasteiger partial charge on any atom is 0.147 e. The molecule has 0 unspecified atom stereocenters. The summed E-state index contributed by atoms with van der Waals surface area (Å²) in [4.78, 5) is 16.6. The number of fused-ring (bicyclic) bond motifs is 1. The summed E-state index contributed by atoms with van der Waals surface area (Å²) in [7, 11) is 0. The van der Waals surface area contributed by atoms with Crippen LogP contribution in [0.1, 0.15) is 17.8 Å². The fourth-order valence-corrected chi connectivity index (χ4v) is 3.35. The number of benzene rings is 1. The highest BCUT2D eigenvalue weighted by Crippen LogP contribution is 2.28. The first-order valence-electron chi connectivity index (χ1n) is 5.76. The highest BCUT2D eigenvalue weighted by molar-refractivity contribution is 8.03. The fraction of sp³-hybridized carbons (Fsp3) is 0.308. The third-order valence-electron chi connectivity index (χ3n) is 2.56. The Bertz CT molecular complexity index is 633. The minimum absolute atomic E-state index is 0.0792. The van der Waals surface area contributed by atoms with Crippen molar-refractivity contribution in [2.45, 2.75) is 24.2 Å². The number of hydrogen-bond donors (Lipinski definition) is 0. The molecule has 0 aliphatic carbocycles. The second-order valence-electron chi connectivity index (χ2n) is 3.96. The maximum absolute atomic E-state index is 11.1. The van der Waals surface area contributed by atoms with Gasteiger partial charge in [0, 0.05) is 11.3 Å². The van der Waals surface area contributed by atoms with E-state index < -0.39 is 0 Å². The number of carbonyl (C=O) groups is 1. The molecular weight excluding hydrogens is 300 g/mol. The summed E-state index contributed by atoms with van der Waals surface area (Å²) < 4.78 is 1.08. The van der Waals surface area contributed by atoms with Gasteiger partial charge in [-0.05, 0) is 42.8 Å². The molecular formula is C13H11ClN2OS2. The van der Waals surface area contributed by atoms with Gasteiger partial charge in [-0.1, -0.05) is 0 Å². The molecule has 2 aromatic rings. The SMILES string of the molecule is N#CSc1ccc2nc(CCCC(=O)CCl)sc2c1. The highest BCUT2D eigenvalue weighted by Gasteiger charge is 2.06. The van der Waals surface area contributed by atoms with Gasteiger partial charge in [-0.25, -0.2) is 4.98 Å². The van der Waals surface area contributed by atoms with Gasteiger partial charge in [-0.3, -0.25) is 4.79 Å². The normalized spacial score (nSPS) is 10.5. The van der Waals surface area contributed by atoms with E-state index in [1.165, 1.54) is 0 Å². The van der Waals surface area contributed by atoms with Crippen LogP contribution < -0.4 is 0 Å². The lowest BCUT2D eigenvalue weighted by Crippen LogP contribution is -1.99. The summed E-state index contributed by atoms with van der Waals surface area (Å²) in [6.07, 6.45) is 2.09. The van der Waals surface area contributed by atoms with Gasteiger partial charge >= 0.3 is 0 Å². The number of carbonyl (C=O) groups excluding carboxylic acids is 1. The Morgan fingerprint density at radius 1 is 1.53 bits per heavy atom. The lowest BCUT2D eigenvalue weighted by molar-refractivity contribution is -0.116. The third kappa shape index (κ3) is 3.93. The first kappa shape index (κ1) is 14.3. The molecule has 1 heterocycles. The predicted molar refractivity (Wildman–Crippen MR) is 79.8 cm³/mol. The van der Waals surface area contributed by atoms with Crippen molar-refractivity contribution < 1.29 is 4.79 Å². The lowest BCUT2D eigenvalue weighted by atomic mass is 10.2. The summed E-state index contributed by atoms with van der Waals surface area (Å²) in [5, 5.41) is 11.7. The number of thiocyanates is 1. The Labute approximate surface area is 124 Å². The van der Waals surface area contributed by atoms with Crippen LogP contribution in [0.5, 0.6) is 0 Å². The van der Waals surface area contributed by atoms with E-state index in [1.54, 1.807) is 11.3 Å². The van der Waals surface area contributed by atoms with E-state index in [2.05, 4.69) is 10.4 Å². The average molecular weight is 311 g/mol. The molecule has 2 rings (SSSR count). The number of aryl methyl sites for hydroxylation is 1. The number of aromatic nitrogens is 1. The third-order valence-corrected chi connectivity index (χ3v) is 4.52. The van der Waals surface area contributed by atoms with Crippen LogP contribution in [-0.2, 0) is 11.2 Å². The van der Waals surface area contributed by atoms with Gasteiger partial charge in [0.05, 0.1) is 21.1 Å². The average Bonchev–Trinajstić information content (AvgIpc) is 2.80. The van der Waals surface area contributed by atoms with E-state index in [1.807, 2.05) is 18.2 Å². The molecule has 3 nitrogen and oxygen atoms in total. The van der Waals surface area contributed by atoms with Crippen LogP contribution >= 0.6 is 34.7 Å². The molecule has 0 saturated carbocycles. The molecule has 1 aromatic heterocycles. The number of nitrogens with zero attached hydrogens (tertiary/aromatic N) is 2. The zero-order valence-electron chi connectivity index (χ0n) is 10.1. The summed E-state index contributed by atoms with van der Waals surface area (Å²) in [5.41, 5.74) is 0.950. The van der Waals surface area contributed by atoms with Gasteiger partial charge in [-0.2, -0.15) is 5.26 Å². The van der Waals surface area contributed by atoms with Crippen molar-refractivity contribution in [3.63, 3.8) is 0 Å². The van der Waals surface area contributed by atoms with Gasteiger partial charge in [0.25, 0.3) is 0 Å². The molecule has 0 aliphatic rings. The molecule has 0 fully saturated rings. The van der Waals surface area contributed by atoms with Crippen molar-refractivity contribution in [3.8, 4) is 5.40 Å². The molecule has 6 heteroatoms. The standard InChI is InChI=1S/C13H11ClN2OS2/c14-7-9(17)2-1-3-13-16-11-5-4-10(18-8-15)6-12(11)19-13/h4-6H,1-3,7H2. The Hall–Kier alpha value is -1.09. The summed E-state index contributed by atoms with van der Waals surface area (Å²) in [5.74, 6) is 0.171. The molecule has 0 atom stereocenters. The van der Waals surface area contributed by atoms with E-state index in [4.69, 9.17) is 16.9 Å². The van der Waals surface area contributed by atoms with E-state index in [9.17, 15) is 4.79 Å². The molecule has 1 aromatic carbocycles. The number of hydrogen-bond acceptors (Lipinski definition) is 5. The fourth-order valence-electron chi connectivity index (χ4n) is 1.68. The van der Waals surface area contributed by atoms with Crippen LogP contribution in [0.2, 0.25) is 0 Å². The van der Waals surface area contributed by atoms with Crippen molar-refractivity contribution in [2.75, 3.05) is 5.88 Å². The second kappa shape index (κ2) is 6.90. The van der Waals surface area contributed by atoms with Crippen molar-refractivity contribution in [3.05, 3.63) is 23.2 Å². The minimum atomic E-state index is 0.0792. The van der Waals surface area contributed by atoms with Crippen molar-refractivity contribution >= 4 is 50.7 Å². The summed E-state index contributed by atoms with van der Waals surface area (Å²) in [6, 6.07) is 5.81. The van der Waals surface area contributed by atoms with Crippen LogP contribution in [0.4, 0.5) is 0 Å². The minimum Gasteiger partial charge on any atom is -0.298 e. The number of Topliss-reactive ketones (excluding diaryl/α,β-unsaturated/α-hetero) is 1. The predicted octanol–water partition coefficient (Wildman–Crippen LogP) is 4.00. The molecule has 0 N–H and O–H groups in total. The van der Waals surface area contributed by atoms with Gasteiger partial charge in [0.2, 0.25) is 0 Å². The molecule has 0 spiro atoms. The Kier molecular flexibility index (Phi) is 5.20. The van der Waals surface area contributed by atoms with Crippen LogP contribution in [0.3, 0.4) is 0 Å².